The van der Waals surface area contributed by atoms with Crippen LogP contribution in [0.15, 0.2) is 59.8 Å². The van der Waals surface area contributed by atoms with E-state index in [1.54, 1.807) is 0 Å². The van der Waals surface area contributed by atoms with E-state index >= 15 is 0 Å². The van der Waals surface area contributed by atoms with Crippen molar-refractivity contribution in [3.8, 4) is 0 Å². The van der Waals surface area contributed by atoms with Gasteiger partial charge in [-0.3, -0.25) is 4.57 Å². The molecule has 0 spiro atoms. The summed E-state index contributed by atoms with van der Waals surface area (Å²) in [5.74, 6) is 0.430. The molecule has 2 heterocycles. The van der Waals surface area contributed by atoms with Crippen LogP contribution in [0.5, 0.6) is 0 Å². The molecule has 0 radical (unpaired) electrons. The molecule has 6 heteroatoms. The third kappa shape index (κ3) is 3.78. The number of anilines is 2. The van der Waals surface area contributed by atoms with Crippen LogP contribution in [0.2, 0.25) is 0 Å². The Hall–Kier alpha value is -3.28. The van der Waals surface area contributed by atoms with Crippen molar-refractivity contribution in [2.45, 2.75) is 46.8 Å². The lowest BCUT2D eigenvalue weighted by Crippen LogP contribution is -2.30. The number of fused-ring (bicyclic) bond motifs is 3. The van der Waals surface area contributed by atoms with Gasteiger partial charge in [0.25, 0.3) is 0 Å². The predicted molar refractivity (Wildman–Crippen MR) is 125 cm³/mol. The summed E-state index contributed by atoms with van der Waals surface area (Å²) >= 11 is 0. The number of para-hydroxylation sites is 2. The van der Waals surface area contributed by atoms with E-state index in [2.05, 4.69) is 52.9 Å². The van der Waals surface area contributed by atoms with Crippen molar-refractivity contribution < 1.29 is 9.53 Å². The first-order valence-corrected chi connectivity index (χ1v) is 10.9. The van der Waals surface area contributed by atoms with Crippen LogP contribution in [0.25, 0.3) is 11.0 Å². The molecule has 1 unspecified atom stereocenters. The third-order valence-corrected chi connectivity index (χ3v) is 5.73. The molecule has 0 saturated heterocycles. The van der Waals surface area contributed by atoms with Crippen molar-refractivity contribution in [3.63, 3.8) is 0 Å². The lowest BCUT2D eigenvalue weighted by Gasteiger charge is -2.31. The normalized spacial score (nSPS) is 15.7. The number of imidazole rings is 1. The predicted octanol–water partition coefficient (Wildman–Crippen LogP) is 5.12. The lowest BCUT2D eigenvalue weighted by molar-refractivity contribution is -0.143. The summed E-state index contributed by atoms with van der Waals surface area (Å²) in [5.41, 5.74) is 5.44. The van der Waals surface area contributed by atoms with Gasteiger partial charge in [-0.1, -0.05) is 24.3 Å². The van der Waals surface area contributed by atoms with E-state index in [1.165, 1.54) is 5.69 Å². The van der Waals surface area contributed by atoms with Crippen molar-refractivity contribution in [2.75, 3.05) is 23.3 Å². The second kappa shape index (κ2) is 8.46. The standard InChI is InChI=1S/C25H30N4O2/c1-6-28(7-2)19-14-12-18(13-15-19)23-22(24(30)31-16(3)4)17(5)26-25-27-20-10-8-9-11-21(20)29(23)25/h8-16,23H,6-7H2,1-5H3,(H,26,27). The molecular formula is C25H30N4O2. The number of hydrogen-bond acceptors (Lipinski definition) is 5. The second-order valence-electron chi connectivity index (χ2n) is 8.08. The molecule has 0 amide bonds. The zero-order valence-corrected chi connectivity index (χ0v) is 18.8. The maximum atomic E-state index is 13.2. The van der Waals surface area contributed by atoms with E-state index in [-0.39, 0.29) is 18.1 Å². The van der Waals surface area contributed by atoms with Gasteiger partial charge in [0.1, 0.15) is 0 Å². The monoisotopic (exact) mass is 418 g/mol. The summed E-state index contributed by atoms with van der Waals surface area (Å²) in [4.78, 5) is 20.2. The lowest BCUT2D eigenvalue weighted by atomic mass is 9.94. The molecule has 162 valence electrons. The SMILES string of the molecule is CCN(CC)c1ccc(C2C(C(=O)OC(C)C)=C(C)Nc3nc4ccccc4n32)cc1. The first-order valence-electron chi connectivity index (χ1n) is 10.9. The van der Waals surface area contributed by atoms with E-state index in [4.69, 9.17) is 9.72 Å². The minimum Gasteiger partial charge on any atom is -0.459 e. The van der Waals surface area contributed by atoms with E-state index in [0.29, 0.717) is 5.57 Å². The van der Waals surface area contributed by atoms with Gasteiger partial charge in [0.15, 0.2) is 0 Å². The van der Waals surface area contributed by atoms with Gasteiger partial charge in [-0.2, -0.15) is 0 Å². The molecule has 6 nitrogen and oxygen atoms in total. The largest absolute Gasteiger partial charge is 0.459 e. The first kappa shape index (κ1) is 21.0. The van der Waals surface area contributed by atoms with Crippen LogP contribution in [-0.4, -0.2) is 34.7 Å². The molecule has 3 aromatic rings. The average molecular weight is 419 g/mol. The van der Waals surface area contributed by atoms with Gasteiger partial charge in [-0.25, -0.2) is 9.78 Å². The van der Waals surface area contributed by atoms with Crippen molar-refractivity contribution in [3.05, 3.63) is 65.4 Å². The highest BCUT2D eigenvalue weighted by atomic mass is 16.5. The number of benzene rings is 2. The number of aromatic nitrogens is 2. The Labute approximate surface area is 183 Å². The molecule has 0 fully saturated rings. The Morgan fingerprint density at radius 2 is 1.81 bits per heavy atom. The number of carbonyl (C=O) groups is 1. The maximum absolute atomic E-state index is 13.2. The second-order valence-corrected chi connectivity index (χ2v) is 8.08. The van der Waals surface area contributed by atoms with Gasteiger partial charge in [0.05, 0.1) is 28.8 Å². The van der Waals surface area contributed by atoms with E-state index in [1.807, 2.05) is 45.0 Å². The molecule has 0 bridgehead atoms. The van der Waals surface area contributed by atoms with Gasteiger partial charge in [-0.05, 0) is 64.4 Å². The number of rotatable bonds is 6. The van der Waals surface area contributed by atoms with Crippen molar-refractivity contribution in [1.29, 1.82) is 0 Å². The summed E-state index contributed by atoms with van der Waals surface area (Å²) in [7, 11) is 0. The number of nitrogens with one attached hydrogen (secondary N) is 1. The minimum absolute atomic E-state index is 0.195. The quantitative estimate of drug-likeness (QED) is 0.563. The summed E-state index contributed by atoms with van der Waals surface area (Å²) in [6, 6.07) is 16.2. The zero-order valence-electron chi connectivity index (χ0n) is 18.8. The molecule has 31 heavy (non-hydrogen) atoms. The minimum atomic E-state index is -0.319. The van der Waals surface area contributed by atoms with E-state index in [9.17, 15) is 4.79 Å². The van der Waals surface area contributed by atoms with Gasteiger partial charge < -0.3 is 15.0 Å². The summed E-state index contributed by atoms with van der Waals surface area (Å²) < 4.78 is 7.74. The molecule has 1 N–H and O–H groups in total. The Morgan fingerprint density at radius 1 is 1.13 bits per heavy atom. The van der Waals surface area contributed by atoms with Crippen LogP contribution in [0.3, 0.4) is 0 Å². The van der Waals surface area contributed by atoms with Crippen LogP contribution < -0.4 is 10.2 Å². The summed E-state index contributed by atoms with van der Waals surface area (Å²) in [6.07, 6.45) is -0.195. The highest BCUT2D eigenvalue weighted by Gasteiger charge is 2.35. The molecule has 2 aromatic carbocycles. The first-order chi connectivity index (χ1) is 14.9. The molecule has 4 rings (SSSR count). The fourth-order valence-corrected chi connectivity index (χ4v) is 4.28. The molecular weight excluding hydrogens is 388 g/mol. The molecule has 1 atom stereocenters. The Kier molecular flexibility index (Phi) is 5.72. The number of hydrogen-bond donors (Lipinski definition) is 1. The van der Waals surface area contributed by atoms with Gasteiger partial charge >= 0.3 is 5.97 Å². The highest BCUT2D eigenvalue weighted by molar-refractivity contribution is 5.94. The fourth-order valence-electron chi connectivity index (χ4n) is 4.28. The van der Waals surface area contributed by atoms with Crippen molar-refractivity contribution in [2.24, 2.45) is 0 Å². The highest BCUT2D eigenvalue weighted by Crippen LogP contribution is 2.40. The van der Waals surface area contributed by atoms with Crippen LogP contribution in [-0.2, 0) is 9.53 Å². The maximum Gasteiger partial charge on any atom is 0.338 e. The average Bonchev–Trinajstić information content (AvgIpc) is 3.11. The van der Waals surface area contributed by atoms with E-state index in [0.717, 1.165) is 41.3 Å². The Morgan fingerprint density at radius 3 is 2.45 bits per heavy atom. The van der Waals surface area contributed by atoms with Crippen LogP contribution in [0.1, 0.15) is 46.2 Å². The summed E-state index contributed by atoms with van der Waals surface area (Å²) in [6.45, 7) is 11.9. The van der Waals surface area contributed by atoms with Crippen LogP contribution in [0, 0.1) is 0 Å². The Balaban J connectivity index is 1.87. The summed E-state index contributed by atoms with van der Waals surface area (Å²) in [5, 5.41) is 3.32. The molecule has 0 saturated carbocycles. The molecule has 1 aliphatic heterocycles. The van der Waals surface area contributed by atoms with Gasteiger partial charge in [-0.15, -0.1) is 0 Å². The molecule has 0 aliphatic carbocycles. The Bertz CT molecular complexity index is 1120. The van der Waals surface area contributed by atoms with Gasteiger partial charge in [0.2, 0.25) is 5.95 Å². The van der Waals surface area contributed by atoms with Crippen LogP contribution >= 0.6 is 0 Å². The van der Waals surface area contributed by atoms with Crippen molar-refractivity contribution >= 4 is 28.6 Å². The number of nitrogens with zero attached hydrogens (tertiary/aromatic N) is 3. The van der Waals surface area contributed by atoms with Crippen molar-refractivity contribution in [1.82, 2.24) is 9.55 Å². The number of allylic oxidation sites excluding steroid dienone is 1. The fraction of sp³-hybridized carbons (Fsp3) is 0.360. The van der Waals surface area contributed by atoms with Crippen LogP contribution in [0.4, 0.5) is 11.6 Å². The number of carbonyl (C=O) groups excluding carboxylic acids is 1. The zero-order chi connectivity index (χ0) is 22.1. The smallest absolute Gasteiger partial charge is 0.338 e. The number of esters is 1. The van der Waals surface area contributed by atoms with Gasteiger partial charge in [0, 0.05) is 24.5 Å². The molecule has 1 aromatic heterocycles. The van der Waals surface area contributed by atoms with E-state index < -0.39 is 0 Å². The molecule has 1 aliphatic rings. The third-order valence-electron chi connectivity index (χ3n) is 5.73. The topological polar surface area (TPSA) is 59.4 Å². The number of ether oxygens (including phenoxy) is 1.